The molecule has 29 heavy (non-hydrogen) atoms. The molecule has 146 valence electrons. The monoisotopic (exact) mass is 538 g/mol. The quantitative estimate of drug-likeness (QED) is 0.398. The fourth-order valence-corrected chi connectivity index (χ4v) is 4.56. The maximum atomic E-state index is 13.1. The average Bonchev–Trinajstić information content (AvgIpc) is 3.22. The largest absolute Gasteiger partial charge is 0.304 e. The molecule has 3 aromatic rings. The summed E-state index contributed by atoms with van der Waals surface area (Å²) in [5, 5.41) is 10.5. The summed E-state index contributed by atoms with van der Waals surface area (Å²) >= 11 is 9.14. The summed E-state index contributed by atoms with van der Waals surface area (Å²) in [6, 6.07) is 10.7. The third kappa shape index (κ3) is 3.77. The maximum absolute atomic E-state index is 13.1. The highest BCUT2D eigenvalue weighted by atomic mass is 127. The standard InChI is InChI=1S/C19H12ClIN4O3S/c1-9-14-15(16(24-23-9)22-17(26)12-5-6-13(20)29-12)19(28)25(18(14)27)8-10-3-2-4-11(21)7-10/h2-7H,8H2,1H3,(H,22,24,26). The first-order chi connectivity index (χ1) is 13.8. The average molecular weight is 539 g/mol. The lowest BCUT2D eigenvalue weighted by atomic mass is 10.1. The number of carbonyl (C=O) groups excluding carboxylic acids is 3. The first-order valence-electron chi connectivity index (χ1n) is 8.39. The van der Waals surface area contributed by atoms with Gasteiger partial charge < -0.3 is 5.32 Å². The van der Waals surface area contributed by atoms with Crippen molar-refractivity contribution in [1.29, 1.82) is 0 Å². The lowest BCUT2D eigenvalue weighted by Crippen LogP contribution is -2.29. The number of aryl methyl sites for hydroxylation is 1. The molecular weight excluding hydrogens is 527 g/mol. The van der Waals surface area contributed by atoms with Gasteiger partial charge in [-0.2, -0.15) is 5.10 Å². The van der Waals surface area contributed by atoms with Crippen LogP contribution < -0.4 is 5.32 Å². The summed E-state index contributed by atoms with van der Waals surface area (Å²) in [7, 11) is 0. The van der Waals surface area contributed by atoms with Crippen LogP contribution >= 0.6 is 45.5 Å². The van der Waals surface area contributed by atoms with Crippen molar-refractivity contribution >= 4 is 69.1 Å². The number of amides is 3. The Hall–Kier alpha value is -2.37. The number of benzene rings is 1. The topological polar surface area (TPSA) is 92.3 Å². The van der Waals surface area contributed by atoms with Crippen LogP contribution in [0.25, 0.3) is 0 Å². The van der Waals surface area contributed by atoms with E-state index in [1.165, 1.54) is 0 Å². The number of thiophene rings is 1. The minimum absolute atomic E-state index is 0.0383. The SMILES string of the molecule is Cc1nnc(NC(=O)c2ccc(Cl)s2)c2c1C(=O)N(Cc1cccc(I)c1)C2=O. The van der Waals surface area contributed by atoms with Crippen molar-refractivity contribution in [3.63, 3.8) is 0 Å². The second-order valence-corrected chi connectivity index (χ2v) is 9.23. The summed E-state index contributed by atoms with van der Waals surface area (Å²) in [6.45, 7) is 1.73. The van der Waals surface area contributed by atoms with Gasteiger partial charge in [0.15, 0.2) is 5.82 Å². The van der Waals surface area contributed by atoms with E-state index >= 15 is 0 Å². The van der Waals surface area contributed by atoms with Crippen molar-refractivity contribution in [2.45, 2.75) is 13.5 Å². The lowest BCUT2D eigenvalue weighted by Gasteiger charge is -2.14. The predicted octanol–water partition coefficient (Wildman–Crippen LogP) is 4.15. The number of hydrogen-bond donors (Lipinski definition) is 1. The Balaban J connectivity index is 1.68. The molecule has 0 saturated carbocycles. The van der Waals surface area contributed by atoms with Crippen molar-refractivity contribution in [3.8, 4) is 0 Å². The minimum Gasteiger partial charge on any atom is -0.304 e. The zero-order valence-electron chi connectivity index (χ0n) is 14.9. The van der Waals surface area contributed by atoms with Gasteiger partial charge in [-0.05, 0) is 59.3 Å². The molecular formula is C19H12ClIN4O3S. The van der Waals surface area contributed by atoms with Gasteiger partial charge in [0, 0.05) is 3.57 Å². The smallest absolute Gasteiger partial charge is 0.267 e. The van der Waals surface area contributed by atoms with E-state index in [0.717, 1.165) is 25.4 Å². The van der Waals surface area contributed by atoms with E-state index in [-0.39, 0.29) is 23.5 Å². The van der Waals surface area contributed by atoms with Gasteiger partial charge in [0.25, 0.3) is 17.7 Å². The fraction of sp³-hybridized carbons (Fsp3) is 0.105. The van der Waals surface area contributed by atoms with Crippen LogP contribution in [0.5, 0.6) is 0 Å². The molecule has 7 nitrogen and oxygen atoms in total. The number of hydrogen-bond acceptors (Lipinski definition) is 6. The van der Waals surface area contributed by atoms with E-state index in [1.54, 1.807) is 19.1 Å². The van der Waals surface area contributed by atoms with Gasteiger partial charge in [0.1, 0.15) is 0 Å². The molecule has 0 spiro atoms. The Kier molecular flexibility index (Phi) is 5.36. The summed E-state index contributed by atoms with van der Waals surface area (Å²) in [6.07, 6.45) is 0. The van der Waals surface area contributed by atoms with Gasteiger partial charge in [-0.15, -0.1) is 16.4 Å². The van der Waals surface area contributed by atoms with Crippen LogP contribution in [0.15, 0.2) is 36.4 Å². The first-order valence-corrected chi connectivity index (χ1v) is 10.7. The summed E-state index contributed by atoms with van der Waals surface area (Å²) in [4.78, 5) is 40.0. The van der Waals surface area contributed by atoms with Gasteiger partial charge in [-0.3, -0.25) is 19.3 Å². The molecule has 4 rings (SSSR count). The van der Waals surface area contributed by atoms with Crippen molar-refractivity contribution in [2.24, 2.45) is 0 Å². The number of nitrogens with one attached hydrogen (secondary N) is 1. The van der Waals surface area contributed by atoms with Crippen LogP contribution in [0.4, 0.5) is 5.82 Å². The summed E-state index contributed by atoms with van der Waals surface area (Å²) in [5.41, 5.74) is 1.38. The second-order valence-electron chi connectivity index (χ2n) is 6.27. The fourth-order valence-electron chi connectivity index (χ4n) is 3.01. The van der Waals surface area contributed by atoms with Gasteiger partial charge in [-0.25, -0.2) is 0 Å². The molecule has 1 aliphatic heterocycles. The molecule has 0 atom stereocenters. The third-order valence-electron chi connectivity index (χ3n) is 4.33. The number of halogens is 2. The third-order valence-corrected chi connectivity index (χ3v) is 6.23. The molecule has 3 heterocycles. The Bertz CT molecular complexity index is 1180. The normalized spacial score (nSPS) is 13.0. The van der Waals surface area contributed by atoms with Crippen molar-refractivity contribution in [1.82, 2.24) is 15.1 Å². The molecule has 0 aliphatic carbocycles. The highest BCUT2D eigenvalue weighted by Crippen LogP contribution is 2.31. The Labute approximate surface area is 188 Å². The number of nitrogens with zero attached hydrogens (tertiary/aromatic N) is 3. The zero-order valence-corrected chi connectivity index (χ0v) is 18.6. The van der Waals surface area contributed by atoms with Crippen molar-refractivity contribution in [3.05, 3.63) is 71.6 Å². The van der Waals surface area contributed by atoms with Gasteiger partial charge in [0.2, 0.25) is 0 Å². The molecule has 2 aromatic heterocycles. The van der Waals surface area contributed by atoms with Crippen molar-refractivity contribution < 1.29 is 14.4 Å². The summed E-state index contributed by atoms with van der Waals surface area (Å²) < 4.78 is 1.46. The number of anilines is 1. The van der Waals surface area contributed by atoms with Crippen LogP contribution in [0.2, 0.25) is 4.34 Å². The highest BCUT2D eigenvalue weighted by Gasteiger charge is 2.40. The van der Waals surface area contributed by atoms with Crippen LogP contribution in [-0.4, -0.2) is 32.8 Å². The number of imide groups is 1. The van der Waals surface area contributed by atoms with Crippen LogP contribution in [0.3, 0.4) is 0 Å². The van der Waals surface area contributed by atoms with E-state index in [4.69, 9.17) is 11.6 Å². The Morgan fingerprint density at radius 1 is 1.17 bits per heavy atom. The van der Waals surface area contributed by atoms with E-state index < -0.39 is 17.7 Å². The zero-order chi connectivity index (χ0) is 20.7. The highest BCUT2D eigenvalue weighted by molar-refractivity contribution is 14.1. The van der Waals surface area contributed by atoms with Gasteiger partial charge >= 0.3 is 0 Å². The van der Waals surface area contributed by atoms with E-state index in [1.807, 2.05) is 24.3 Å². The minimum atomic E-state index is -0.513. The molecule has 0 radical (unpaired) electrons. The molecule has 0 fully saturated rings. The number of fused-ring (bicyclic) bond motifs is 1. The van der Waals surface area contributed by atoms with E-state index in [9.17, 15) is 14.4 Å². The molecule has 10 heteroatoms. The number of aromatic nitrogens is 2. The molecule has 1 N–H and O–H groups in total. The maximum Gasteiger partial charge on any atom is 0.267 e. The molecule has 3 amide bonds. The van der Waals surface area contributed by atoms with E-state index in [0.29, 0.717) is 14.9 Å². The van der Waals surface area contributed by atoms with Crippen LogP contribution in [-0.2, 0) is 6.54 Å². The molecule has 0 bridgehead atoms. The second kappa shape index (κ2) is 7.81. The lowest BCUT2D eigenvalue weighted by molar-refractivity contribution is 0.0642. The molecule has 1 aliphatic rings. The molecule has 1 aromatic carbocycles. The number of carbonyl (C=O) groups is 3. The van der Waals surface area contributed by atoms with Crippen LogP contribution in [0, 0.1) is 10.5 Å². The number of rotatable bonds is 4. The van der Waals surface area contributed by atoms with Crippen molar-refractivity contribution in [2.75, 3.05) is 5.32 Å². The molecule has 0 unspecified atom stereocenters. The summed E-state index contributed by atoms with van der Waals surface area (Å²) in [5.74, 6) is -1.48. The Morgan fingerprint density at radius 3 is 2.62 bits per heavy atom. The van der Waals surface area contributed by atoms with Gasteiger partial charge in [-0.1, -0.05) is 23.7 Å². The predicted molar refractivity (Wildman–Crippen MR) is 117 cm³/mol. The Morgan fingerprint density at radius 2 is 1.93 bits per heavy atom. The molecule has 0 saturated heterocycles. The van der Waals surface area contributed by atoms with E-state index in [2.05, 4.69) is 38.1 Å². The van der Waals surface area contributed by atoms with Gasteiger partial charge in [0.05, 0.1) is 32.6 Å². The van der Waals surface area contributed by atoms with Crippen LogP contribution in [0.1, 0.15) is 41.6 Å². The first kappa shape index (κ1) is 19.9.